The van der Waals surface area contributed by atoms with Gasteiger partial charge in [0, 0.05) is 12.1 Å². The van der Waals surface area contributed by atoms with E-state index in [0.717, 1.165) is 5.56 Å². The Morgan fingerprint density at radius 1 is 1.30 bits per heavy atom. The molecule has 1 saturated heterocycles. The lowest BCUT2D eigenvalue weighted by atomic mass is 10.0. The molecule has 0 aliphatic carbocycles. The van der Waals surface area contributed by atoms with Crippen molar-refractivity contribution in [3.05, 3.63) is 29.6 Å². The molecule has 0 aromatic heterocycles. The van der Waals surface area contributed by atoms with Gasteiger partial charge in [-0.15, -0.1) is 0 Å². The number of likely N-dealkylation sites (tertiary alicyclic amines) is 1. The first-order chi connectivity index (χ1) is 10.8. The Bertz CT molecular complexity index is 513. The summed E-state index contributed by atoms with van der Waals surface area (Å²) in [5.74, 6) is -0.222. The molecule has 0 saturated carbocycles. The fourth-order valence-corrected chi connectivity index (χ4v) is 2.91. The van der Waals surface area contributed by atoms with Gasteiger partial charge < -0.3 is 10.1 Å². The standard InChI is InChI=1S/C16H22F4N2O/c1-11(12-3-4-15(23-2)14(17)9-12)21-13-5-7-22(8-6-13)10-16(18,19)20/h3-4,9,11,13,21H,5-8,10H2,1-2H3/t11-/m1/s1. The van der Waals surface area contributed by atoms with Crippen LogP contribution in [0.25, 0.3) is 0 Å². The monoisotopic (exact) mass is 334 g/mol. The van der Waals surface area contributed by atoms with Gasteiger partial charge in [-0.3, -0.25) is 4.90 Å². The number of benzene rings is 1. The van der Waals surface area contributed by atoms with Gasteiger partial charge >= 0.3 is 6.18 Å². The summed E-state index contributed by atoms with van der Waals surface area (Å²) in [6, 6.07) is 4.86. The summed E-state index contributed by atoms with van der Waals surface area (Å²) in [6.45, 7) is 1.91. The molecule has 23 heavy (non-hydrogen) atoms. The average Bonchev–Trinajstić information content (AvgIpc) is 2.47. The minimum atomic E-state index is -4.14. The summed E-state index contributed by atoms with van der Waals surface area (Å²) < 4.78 is 55.7. The Hall–Kier alpha value is -1.34. The Morgan fingerprint density at radius 2 is 1.96 bits per heavy atom. The van der Waals surface area contributed by atoms with Gasteiger partial charge in [-0.25, -0.2) is 4.39 Å². The summed E-state index contributed by atoms with van der Waals surface area (Å²) in [5.41, 5.74) is 0.793. The quantitative estimate of drug-likeness (QED) is 0.834. The molecule has 1 fully saturated rings. The highest BCUT2D eigenvalue weighted by Crippen LogP contribution is 2.24. The fourth-order valence-electron chi connectivity index (χ4n) is 2.91. The van der Waals surface area contributed by atoms with Crippen LogP contribution in [-0.2, 0) is 0 Å². The number of nitrogens with one attached hydrogen (secondary N) is 1. The minimum Gasteiger partial charge on any atom is -0.494 e. The van der Waals surface area contributed by atoms with E-state index in [9.17, 15) is 17.6 Å². The lowest BCUT2D eigenvalue weighted by Gasteiger charge is -2.34. The second-order valence-corrected chi connectivity index (χ2v) is 5.95. The van der Waals surface area contributed by atoms with Crippen LogP contribution in [0.2, 0.25) is 0 Å². The maximum Gasteiger partial charge on any atom is 0.401 e. The summed E-state index contributed by atoms with van der Waals surface area (Å²) in [7, 11) is 1.41. The van der Waals surface area contributed by atoms with Crippen molar-refractivity contribution < 1.29 is 22.3 Å². The predicted molar refractivity (Wildman–Crippen MR) is 80.0 cm³/mol. The van der Waals surface area contributed by atoms with Gasteiger partial charge in [0.25, 0.3) is 0 Å². The van der Waals surface area contributed by atoms with Crippen LogP contribution < -0.4 is 10.1 Å². The summed E-state index contributed by atoms with van der Waals surface area (Å²) in [6.07, 6.45) is -2.84. The van der Waals surface area contributed by atoms with Crippen LogP contribution in [0.15, 0.2) is 18.2 Å². The highest BCUT2D eigenvalue weighted by molar-refractivity contribution is 5.30. The maximum absolute atomic E-state index is 13.7. The number of ether oxygens (including phenoxy) is 1. The highest BCUT2D eigenvalue weighted by Gasteiger charge is 2.32. The van der Waals surface area contributed by atoms with Crippen molar-refractivity contribution in [2.75, 3.05) is 26.7 Å². The number of piperidine rings is 1. The lowest BCUT2D eigenvalue weighted by molar-refractivity contribution is -0.148. The summed E-state index contributed by atoms with van der Waals surface area (Å²) in [4.78, 5) is 1.43. The topological polar surface area (TPSA) is 24.5 Å². The number of methoxy groups -OCH3 is 1. The fraction of sp³-hybridized carbons (Fsp3) is 0.625. The molecule has 1 aromatic carbocycles. The molecule has 1 aromatic rings. The second-order valence-electron chi connectivity index (χ2n) is 5.95. The van der Waals surface area contributed by atoms with Gasteiger partial charge in [-0.05, 0) is 50.6 Å². The molecule has 7 heteroatoms. The van der Waals surface area contributed by atoms with E-state index in [1.165, 1.54) is 18.1 Å². The van der Waals surface area contributed by atoms with Crippen molar-refractivity contribution in [2.24, 2.45) is 0 Å². The Kier molecular flexibility index (Phi) is 5.86. The highest BCUT2D eigenvalue weighted by atomic mass is 19.4. The zero-order valence-electron chi connectivity index (χ0n) is 13.3. The summed E-state index contributed by atoms with van der Waals surface area (Å²) >= 11 is 0. The Labute approximate surface area is 133 Å². The molecule has 130 valence electrons. The Morgan fingerprint density at radius 3 is 2.48 bits per heavy atom. The van der Waals surface area contributed by atoms with E-state index in [2.05, 4.69) is 5.32 Å². The number of nitrogens with zero attached hydrogens (tertiary/aromatic N) is 1. The largest absolute Gasteiger partial charge is 0.494 e. The molecule has 2 rings (SSSR count). The van der Waals surface area contributed by atoms with E-state index in [0.29, 0.717) is 25.9 Å². The average molecular weight is 334 g/mol. The number of hydrogen-bond donors (Lipinski definition) is 1. The van der Waals surface area contributed by atoms with E-state index >= 15 is 0 Å². The zero-order valence-corrected chi connectivity index (χ0v) is 13.3. The second kappa shape index (κ2) is 7.49. The third kappa shape index (κ3) is 5.35. The molecule has 1 aliphatic heterocycles. The van der Waals surface area contributed by atoms with Gasteiger partial charge in [0.15, 0.2) is 11.6 Å². The third-order valence-electron chi connectivity index (χ3n) is 4.15. The number of halogens is 4. The number of hydrogen-bond acceptors (Lipinski definition) is 3. The van der Waals surface area contributed by atoms with Gasteiger partial charge in [-0.2, -0.15) is 13.2 Å². The maximum atomic E-state index is 13.7. The van der Waals surface area contributed by atoms with Gasteiger partial charge in [0.1, 0.15) is 0 Å². The first-order valence-electron chi connectivity index (χ1n) is 7.67. The number of rotatable bonds is 5. The molecule has 0 radical (unpaired) electrons. The van der Waals surface area contributed by atoms with Crippen molar-refractivity contribution in [3.8, 4) is 5.75 Å². The van der Waals surface area contributed by atoms with Crippen LogP contribution >= 0.6 is 0 Å². The molecule has 1 heterocycles. The SMILES string of the molecule is COc1ccc([C@@H](C)NC2CCN(CC(F)(F)F)CC2)cc1F. The Balaban J connectivity index is 1.85. The molecule has 0 amide bonds. The third-order valence-corrected chi connectivity index (χ3v) is 4.15. The lowest BCUT2D eigenvalue weighted by Crippen LogP contribution is -2.46. The normalized spacial score (nSPS) is 18.9. The first kappa shape index (κ1) is 18.0. The molecule has 1 aliphatic rings. The van der Waals surface area contributed by atoms with Crippen LogP contribution in [0.5, 0.6) is 5.75 Å². The van der Waals surface area contributed by atoms with Crippen molar-refractivity contribution in [2.45, 2.75) is 38.0 Å². The van der Waals surface area contributed by atoms with Crippen LogP contribution in [0.3, 0.4) is 0 Å². The molecular weight excluding hydrogens is 312 g/mol. The van der Waals surface area contributed by atoms with Crippen molar-refractivity contribution in [3.63, 3.8) is 0 Å². The van der Waals surface area contributed by atoms with Crippen LogP contribution in [0.1, 0.15) is 31.4 Å². The molecule has 0 bridgehead atoms. The molecule has 1 N–H and O–H groups in total. The predicted octanol–water partition coefficient (Wildman–Crippen LogP) is 3.51. The van der Waals surface area contributed by atoms with Crippen molar-refractivity contribution in [1.29, 1.82) is 0 Å². The van der Waals surface area contributed by atoms with Crippen LogP contribution in [0.4, 0.5) is 17.6 Å². The minimum absolute atomic E-state index is 0.0745. The van der Waals surface area contributed by atoms with Gasteiger partial charge in [-0.1, -0.05) is 6.07 Å². The molecule has 0 unspecified atom stereocenters. The molecule has 1 atom stereocenters. The van der Waals surface area contributed by atoms with Gasteiger partial charge in [0.2, 0.25) is 0 Å². The van der Waals surface area contributed by atoms with E-state index in [1.807, 2.05) is 6.92 Å². The van der Waals surface area contributed by atoms with E-state index in [-0.39, 0.29) is 17.8 Å². The van der Waals surface area contributed by atoms with Crippen molar-refractivity contribution >= 4 is 0 Å². The van der Waals surface area contributed by atoms with Crippen LogP contribution in [0, 0.1) is 5.82 Å². The van der Waals surface area contributed by atoms with E-state index in [4.69, 9.17) is 4.74 Å². The molecule has 0 spiro atoms. The smallest absolute Gasteiger partial charge is 0.401 e. The zero-order chi connectivity index (χ0) is 17.0. The number of alkyl halides is 3. The van der Waals surface area contributed by atoms with Gasteiger partial charge in [0.05, 0.1) is 13.7 Å². The van der Waals surface area contributed by atoms with E-state index < -0.39 is 18.5 Å². The van der Waals surface area contributed by atoms with Crippen LogP contribution in [-0.4, -0.2) is 43.9 Å². The van der Waals surface area contributed by atoms with Crippen molar-refractivity contribution in [1.82, 2.24) is 10.2 Å². The first-order valence-corrected chi connectivity index (χ1v) is 7.67. The molecular formula is C16H22F4N2O. The van der Waals surface area contributed by atoms with E-state index in [1.54, 1.807) is 12.1 Å². The summed E-state index contributed by atoms with van der Waals surface area (Å²) in [5, 5.41) is 3.37. The molecule has 3 nitrogen and oxygen atoms in total.